The van der Waals surface area contributed by atoms with Crippen LogP contribution >= 0.6 is 0 Å². The van der Waals surface area contributed by atoms with Crippen molar-refractivity contribution in [2.75, 3.05) is 19.8 Å². The van der Waals surface area contributed by atoms with Crippen molar-refractivity contribution in [2.24, 2.45) is 17.8 Å². The van der Waals surface area contributed by atoms with Gasteiger partial charge in [0.2, 0.25) is 11.8 Å². The predicted octanol–water partition coefficient (Wildman–Crippen LogP) is 4.31. The lowest BCUT2D eigenvalue weighted by Gasteiger charge is -2.31. The van der Waals surface area contributed by atoms with Gasteiger partial charge in [0.05, 0.1) is 31.2 Å². The number of carboxylic acid groups (broad SMARTS) is 1. The number of carbonyl (C=O) groups is 3. The summed E-state index contributed by atoms with van der Waals surface area (Å²) in [7, 11) is 0. The Bertz CT molecular complexity index is 1110. The zero-order valence-electron chi connectivity index (χ0n) is 22.1. The molecule has 206 valence electrons. The number of benzene rings is 1. The van der Waals surface area contributed by atoms with Gasteiger partial charge in [0.25, 0.3) is 0 Å². The van der Waals surface area contributed by atoms with E-state index in [1.165, 1.54) is 10.5 Å². The summed E-state index contributed by atoms with van der Waals surface area (Å²) in [5.41, 5.74) is 3.82. The number of aliphatic carboxylic acids is 1. The molecule has 0 aromatic heterocycles. The van der Waals surface area contributed by atoms with Gasteiger partial charge in [0.15, 0.2) is 0 Å². The van der Waals surface area contributed by atoms with Crippen LogP contribution in [0.5, 0.6) is 5.75 Å². The average molecular weight is 526 g/mol. The highest BCUT2D eigenvalue weighted by molar-refractivity contribution is 6.06. The van der Waals surface area contributed by atoms with Crippen LogP contribution < -0.4 is 0 Å². The summed E-state index contributed by atoms with van der Waals surface area (Å²) >= 11 is 0. The lowest BCUT2D eigenvalue weighted by Crippen LogP contribution is -2.35. The predicted molar refractivity (Wildman–Crippen MR) is 142 cm³/mol. The smallest absolute Gasteiger partial charge is 0.303 e. The van der Waals surface area contributed by atoms with E-state index in [0.29, 0.717) is 45.3 Å². The van der Waals surface area contributed by atoms with Gasteiger partial charge in [-0.1, -0.05) is 49.6 Å². The zero-order valence-corrected chi connectivity index (χ0v) is 22.1. The van der Waals surface area contributed by atoms with Crippen molar-refractivity contribution in [3.05, 3.63) is 46.5 Å². The van der Waals surface area contributed by atoms with E-state index >= 15 is 0 Å². The van der Waals surface area contributed by atoms with E-state index in [-0.39, 0.29) is 42.6 Å². The quantitative estimate of drug-likeness (QED) is 0.199. The molecule has 38 heavy (non-hydrogen) atoms. The normalized spacial score (nSPS) is 25.2. The lowest BCUT2D eigenvalue weighted by atomic mass is 9.69. The molecule has 1 aliphatic carbocycles. The van der Waals surface area contributed by atoms with Crippen LogP contribution in [-0.4, -0.2) is 63.9 Å². The summed E-state index contributed by atoms with van der Waals surface area (Å²) in [6.07, 6.45) is 7.41. The largest absolute Gasteiger partial charge is 0.507 e. The summed E-state index contributed by atoms with van der Waals surface area (Å²) in [6, 6.07) is 7.26. The Morgan fingerprint density at radius 3 is 2.58 bits per heavy atom. The number of rotatable bonds is 13. The third-order valence-electron chi connectivity index (χ3n) is 8.16. The molecule has 4 atom stereocenters. The first-order valence-electron chi connectivity index (χ1n) is 13.8. The second-order valence-electron chi connectivity index (χ2n) is 10.7. The van der Waals surface area contributed by atoms with Crippen molar-refractivity contribution in [3.8, 4) is 5.75 Å². The first-order valence-corrected chi connectivity index (χ1v) is 13.8. The van der Waals surface area contributed by atoms with Gasteiger partial charge in [-0.3, -0.25) is 19.3 Å². The maximum atomic E-state index is 13.4. The van der Waals surface area contributed by atoms with Crippen molar-refractivity contribution >= 4 is 23.9 Å². The summed E-state index contributed by atoms with van der Waals surface area (Å²) in [5, 5.41) is 29.2. The Hall–Kier alpha value is -2.97. The molecule has 3 aliphatic rings. The van der Waals surface area contributed by atoms with Gasteiger partial charge in [-0.15, -0.1) is 0 Å². The molecule has 4 rings (SSSR count). The van der Waals surface area contributed by atoms with Gasteiger partial charge >= 0.3 is 5.97 Å². The number of phenolic OH excluding ortho intramolecular Hbond substituents is 1. The first kappa shape index (κ1) is 28.0. The number of aliphatic hydroxyl groups is 1. The SMILES string of the molecule is CCC/C(=C\c1ccccc1O)CC[C@H]1OC[C@H]2C1=C(CO)C[C@H]1C(=O)N(CCCCCC(=O)O)C(=O)[C@H]12. The number of allylic oxidation sites excluding steroid dienone is 1. The van der Waals surface area contributed by atoms with Crippen molar-refractivity contribution < 1.29 is 34.4 Å². The third-order valence-corrected chi connectivity index (χ3v) is 8.16. The number of aromatic hydroxyl groups is 1. The molecular weight excluding hydrogens is 486 g/mol. The van der Waals surface area contributed by atoms with Crippen LogP contribution in [0.3, 0.4) is 0 Å². The van der Waals surface area contributed by atoms with E-state index in [4.69, 9.17) is 9.84 Å². The van der Waals surface area contributed by atoms with Crippen molar-refractivity contribution in [2.45, 2.75) is 70.8 Å². The number of para-hydroxylation sites is 1. The Morgan fingerprint density at radius 2 is 1.87 bits per heavy atom. The third kappa shape index (κ3) is 6.02. The molecule has 2 fully saturated rings. The minimum Gasteiger partial charge on any atom is -0.507 e. The molecule has 1 aromatic carbocycles. The van der Waals surface area contributed by atoms with Crippen LogP contribution in [0, 0.1) is 17.8 Å². The van der Waals surface area contributed by atoms with Gasteiger partial charge in [-0.25, -0.2) is 0 Å². The van der Waals surface area contributed by atoms with Crippen LogP contribution in [0.4, 0.5) is 0 Å². The number of imide groups is 1. The van der Waals surface area contributed by atoms with Gasteiger partial charge in [0, 0.05) is 24.4 Å². The van der Waals surface area contributed by atoms with Crippen molar-refractivity contribution in [1.29, 1.82) is 0 Å². The second kappa shape index (κ2) is 12.7. The van der Waals surface area contributed by atoms with E-state index in [2.05, 4.69) is 6.92 Å². The molecule has 2 aliphatic heterocycles. The van der Waals surface area contributed by atoms with Crippen molar-refractivity contribution in [3.63, 3.8) is 0 Å². The summed E-state index contributed by atoms with van der Waals surface area (Å²) in [5.74, 6) is -2.05. The van der Waals surface area contributed by atoms with E-state index in [0.717, 1.165) is 36.0 Å². The number of phenols is 1. The number of likely N-dealkylation sites (tertiary alicyclic amines) is 1. The molecule has 0 unspecified atom stereocenters. The Labute approximate surface area is 224 Å². The van der Waals surface area contributed by atoms with E-state index < -0.39 is 17.8 Å². The number of nitrogens with zero attached hydrogens (tertiary/aromatic N) is 1. The number of ether oxygens (including phenoxy) is 1. The Kier molecular flexibility index (Phi) is 9.39. The molecule has 0 radical (unpaired) electrons. The van der Waals surface area contributed by atoms with Crippen molar-refractivity contribution in [1.82, 2.24) is 4.90 Å². The number of hydrogen-bond donors (Lipinski definition) is 3. The number of aliphatic hydroxyl groups excluding tert-OH is 1. The molecule has 0 bridgehead atoms. The highest BCUT2D eigenvalue weighted by Crippen LogP contribution is 2.49. The van der Waals surface area contributed by atoms with Crippen LogP contribution in [0.25, 0.3) is 6.08 Å². The van der Waals surface area contributed by atoms with Crippen LogP contribution in [0.2, 0.25) is 0 Å². The topological polar surface area (TPSA) is 124 Å². The molecule has 8 nitrogen and oxygen atoms in total. The number of carbonyl (C=O) groups excluding carboxylic acids is 2. The monoisotopic (exact) mass is 525 g/mol. The Balaban J connectivity index is 1.44. The maximum absolute atomic E-state index is 13.4. The maximum Gasteiger partial charge on any atom is 0.303 e. The number of unbranched alkanes of at least 4 members (excludes halogenated alkanes) is 2. The van der Waals surface area contributed by atoms with Crippen LogP contribution in [-0.2, 0) is 19.1 Å². The number of amides is 2. The van der Waals surface area contributed by atoms with Gasteiger partial charge in [-0.2, -0.15) is 0 Å². The molecule has 0 spiro atoms. The van der Waals surface area contributed by atoms with Gasteiger partial charge < -0.3 is 20.1 Å². The van der Waals surface area contributed by atoms with Gasteiger partial charge in [0.1, 0.15) is 5.75 Å². The minimum absolute atomic E-state index is 0.0861. The van der Waals surface area contributed by atoms with Crippen LogP contribution in [0.1, 0.15) is 70.3 Å². The highest BCUT2D eigenvalue weighted by atomic mass is 16.5. The first-order chi connectivity index (χ1) is 18.3. The van der Waals surface area contributed by atoms with E-state index in [1.54, 1.807) is 12.1 Å². The second-order valence-corrected chi connectivity index (χ2v) is 10.7. The molecular formula is C30H39NO7. The molecule has 0 saturated carbocycles. The fourth-order valence-electron chi connectivity index (χ4n) is 6.36. The standard InChI is InChI=1S/C30H39NO7/c1-2-8-19(15-20-9-5-6-10-24(20)33)12-13-25-27-21(17-32)16-22-28(23(27)18-38-25)30(37)31(29(22)36)14-7-3-4-11-26(34)35/h5-6,9-10,15,22-23,25,28,32-33H,2-4,7-8,11-14,16-18H2,1H3,(H,34,35)/b19-15+/t22-,23+,25-,28-/m1/s1. The molecule has 1 aromatic rings. The lowest BCUT2D eigenvalue weighted by molar-refractivity contribution is -0.141. The zero-order chi connectivity index (χ0) is 27.2. The summed E-state index contributed by atoms with van der Waals surface area (Å²) in [4.78, 5) is 38.7. The molecule has 2 amide bonds. The van der Waals surface area contributed by atoms with Crippen LogP contribution in [0.15, 0.2) is 41.0 Å². The number of carboxylic acids is 1. The summed E-state index contributed by atoms with van der Waals surface area (Å²) in [6.45, 7) is 2.64. The van der Waals surface area contributed by atoms with E-state index in [9.17, 15) is 24.6 Å². The molecule has 3 N–H and O–H groups in total. The number of fused-ring (bicyclic) bond motifs is 3. The fraction of sp³-hybridized carbons (Fsp3) is 0.567. The highest BCUT2D eigenvalue weighted by Gasteiger charge is 2.56. The molecule has 2 heterocycles. The molecule has 8 heteroatoms. The molecule has 2 saturated heterocycles. The summed E-state index contributed by atoms with van der Waals surface area (Å²) < 4.78 is 6.21. The van der Waals surface area contributed by atoms with E-state index in [1.807, 2.05) is 18.2 Å². The van der Waals surface area contributed by atoms with Gasteiger partial charge in [-0.05, 0) is 55.7 Å². The fourth-order valence-corrected chi connectivity index (χ4v) is 6.36. The Morgan fingerprint density at radius 1 is 1.08 bits per heavy atom. The minimum atomic E-state index is -0.842. The average Bonchev–Trinajstić information content (AvgIpc) is 3.42. The number of hydrogen-bond acceptors (Lipinski definition) is 6.